The topological polar surface area (TPSA) is 86.3 Å². The van der Waals surface area contributed by atoms with Crippen molar-refractivity contribution in [2.45, 2.75) is 58.1 Å². The maximum atomic E-state index is 11.7. The van der Waals surface area contributed by atoms with Gasteiger partial charge in [0.05, 0.1) is 19.3 Å². The average Bonchev–Trinajstić information content (AvgIpc) is 2.36. The van der Waals surface area contributed by atoms with Gasteiger partial charge in [0.2, 0.25) is 0 Å². The third-order valence-electron chi connectivity index (χ3n) is 2.57. The van der Waals surface area contributed by atoms with Gasteiger partial charge in [-0.15, -0.1) is 0 Å². The van der Waals surface area contributed by atoms with Gasteiger partial charge in [0, 0.05) is 14.7 Å². The highest BCUT2D eigenvalue weighted by Crippen LogP contribution is 2.08. The predicted molar refractivity (Wildman–Crippen MR) is 92.0 cm³/mol. The summed E-state index contributed by atoms with van der Waals surface area (Å²) in [6.07, 6.45) is -0.563. The lowest BCUT2D eigenvalue weighted by atomic mass is 10.2. The summed E-state index contributed by atoms with van der Waals surface area (Å²) in [6.45, 7) is 13.3. The van der Waals surface area contributed by atoms with E-state index in [2.05, 4.69) is 25.0 Å². The lowest BCUT2D eigenvalue weighted by Crippen LogP contribution is -2.44. The van der Waals surface area contributed by atoms with Crippen LogP contribution in [0, 0.1) is 0 Å². The Morgan fingerprint density at radius 1 is 1.22 bits per heavy atom. The Kier molecular flexibility index (Phi) is 10.7. The molecule has 0 rings (SSSR count). The number of hydrogen-bond acceptors (Lipinski definition) is 6. The van der Waals surface area contributed by atoms with Crippen LogP contribution in [0.2, 0.25) is 25.7 Å². The molecule has 1 amide bonds. The Hall–Kier alpha value is -0.608. The molecule has 0 heterocycles. The second-order valence-electron chi connectivity index (χ2n) is 7.49. The Morgan fingerprint density at radius 3 is 2.39 bits per heavy atom. The summed E-state index contributed by atoms with van der Waals surface area (Å²) in [6, 6.07) is 0.618. The van der Waals surface area contributed by atoms with Crippen molar-refractivity contribution in [1.29, 1.82) is 0 Å². The maximum Gasteiger partial charge on any atom is 0.485 e. The number of hydrogen-bond donors (Lipinski definition) is 2. The van der Waals surface area contributed by atoms with Gasteiger partial charge in [-0.25, -0.2) is 4.79 Å². The van der Waals surface area contributed by atoms with Crippen LogP contribution >= 0.6 is 0 Å². The van der Waals surface area contributed by atoms with Gasteiger partial charge in [0.15, 0.2) is 0 Å². The van der Waals surface area contributed by atoms with E-state index in [-0.39, 0.29) is 20.0 Å². The molecule has 0 saturated carbocycles. The largest absolute Gasteiger partial charge is 0.485 e. The molecule has 0 aromatic carbocycles. The third kappa shape index (κ3) is 16.0. The molecule has 1 radical (unpaired) electrons. The van der Waals surface area contributed by atoms with Crippen LogP contribution in [0.4, 0.5) is 4.79 Å². The fraction of sp³-hybridized carbons (Fsp3) is 0.929. The van der Waals surface area contributed by atoms with Crippen LogP contribution in [0.3, 0.4) is 0 Å². The van der Waals surface area contributed by atoms with Crippen LogP contribution in [-0.2, 0) is 18.9 Å². The van der Waals surface area contributed by atoms with Gasteiger partial charge in [-0.3, -0.25) is 0 Å². The molecule has 0 aliphatic rings. The van der Waals surface area contributed by atoms with Gasteiger partial charge >= 0.3 is 13.8 Å². The molecule has 0 aliphatic heterocycles. The minimum atomic E-state index is -1.11. The summed E-state index contributed by atoms with van der Waals surface area (Å²) in [5.74, 6) is 0. The van der Waals surface area contributed by atoms with Gasteiger partial charge in [0.1, 0.15) is 12.4 Å². The molecule has 0 unspecified atom stereocenters. The fourth-order valence-corrected chi connectivity index (χ4v) is 2.21. The molecule has 0 saturated heterocycles. The zero-order chi connectivity index (χ0) is 17.9. The first-order chi connectivity index (χ1) is 10.5. The number of alkyl carbamates (subject to hydrolysis) is 1. The highest BCUT2D eigenvalue weighted by molar-refractivity contribution is 6.76. The van der Waals surface area contributed by atoms with Gasteiger partial charge in [-0.1, -0.05) is 19.6 Å². The van der Waals surface area contributed by atoms with Crippen molar-refractivity contribution >= 4 is 21.9 Å². The zero-order valence-corrected chi connectivity index (χ0v) is 16.2. The van der Waals surface area contributed by atoms with E-state index >= 15 is 0 Å². The number of amides is 1. The minimum absolute atomic E-state index is 0.0741. The number of nitrogens with one attached hydrogen (secondary N) is 1. The van der Waals surface area contributed by atoms with Gasteiger partial charge in [-0.2, -0.15) is 0 Å². The van der Waals surface area contributed by atoms with Crippen molar-refractivity contribution in [1.82, 2.24) is 5.32 Å². The SMILES string of the molecule is CC(C)(C)OC(=O)N[C@@H](CO[B]O)COCOCC[Si](C)(C)C. The van der Waals surface area contributed by atoms with Crippen LogP contribution in [0.1, 0.15) is 20.8 Å². The van der Waals surface area contributed by atoms with Crippen LogP contribution in [0.5, 0.6) is 0 Å². The molecule has 7 nitrogen and oxygen atoms in total. The molecule has 0 bridgehead atoms. The van der Waals surface area contributed by atoms with E-state index in [1.54, 1.807) is 20.8 Å². The molecule has 1 atom stereocenters. The maximum absolute atomic E-state index is 11.7. The van der Waals surface area contributed by atoms with Gasteiger partial charge in [0.25, 0.3) is 0 Å². The Morgan fingerprint density at radius 2 is 1.87 bits per heavy atom. The standard InChI is InChI=1S/C14H31BNO6Si/c1-14(2,3)22-13(17)16-12(10-21-15-18)9-20-11-19-7-8-23(4,5)6/h12,18H,7-11H2,1-6H3,(H,16,17)/t12-/m1/s1. The van der Waals surface area contributed by atoms with E-state index in [4.69, 9.17) is 23.9 Å². The van der Waals surface area contributed by atoms with Crippen molar-refractivity contribution in [3.63, 3.8) is 0 Å². The minimum Gasteiger partial charge on any atom is -0.444 e. The van der Waals surface area contributed by atoms with E-state index in [0.29, 0.717) is 14.3 Å². The molecular formula is C14H31BNO6Si. The van der Waals surface area contributed by atoms with Crippen LogP contribution in [0.25, 0.3) is 0 Å². The van der Waals surface area contributed by atoms with Gasteiger partial charge < -0.3 is 29.2 Å². The molecule has 2 N–H and O–H groups in total. The summed E-state index contributed by atoms with van der Waals surface area (Å²) in [7, 11) is -0.530. The molecule has 0 aromatic rings. The Labute approximate surface area is 141 Å². The first-order valence-electron chi connectivity index (χ1n) is 7.76. The van der Waals surface area contributed by atoms with Crippen molar-refractivity contribution in [2.24, 2.45) is 0 Å². The van der Waals surface area contributed by atoms with Crippen molar-refractivity contribution in [2.75, 3.05) is 26.6 Å². The van der Waals surface area contributed by atoms with Gasteiger partial charge in [-0.05, 0) is 26.8 Å². The Balaban J connectivity index is 4.03. The molecule has 0 spiro atoms. The van der Waals surface area contributed by atoms with Crippen molar-refractivity contribution < 1.29 is 28.7 Å². The molecule has 135 valence electrons. The number of carbonyl (C=O) groups is 1. The lowest BCUT2D eigenvalue weighted by molar-refractivity contribution is -0.0592. The smallest absolute Gasteiger partial charge is 0.444 e. The predicted octanol–water partition coefficient (Wildman–Crippen LogP) is 1.75. The van der Waals surface area contributed by atoms with Crippen LogP contribution in [-0.4, -0.2) is 65.1 Å². The average molecular weight is 348 g/mol. The second kappa shape index (κ2) is 11.0. The van der Waals surface area contributed by atoms with E-state index in [0.717, 1.165) is 6.04 Å². The summed E-state index contributed by atoms with van der Waals surface area (Å²) < 4.78 is 20.8. The fourth-order valence-electron chi connectivity index (χ4n) is 1.45. The molecule has 0 aromatic heterocycles. The third-order valence-corrected chi connectivity index (χ3v) is 4.28. The number of rotatable bonds is 11. The first kappa shape index (κ1) is 22.4. The van der Waals surface area contributed by atoms with E-state index in [9.17, 15) is 4.79 Å². The normalized spacial score (nSPS) is 13.5. The second-order valence-corrected chi connectivity index (χ2v) is 13.1. The Bertz CT molecular complexity index is 332. The summed E-state index contributed by atoms with van der Waals surface area (Å²) in [4.78, 5) is 11.7. The highest BCUT2D eigenvalue weighted by Gasteiger charge is 2.20. The van der Waals surface area contributed by atoms with Crippen LogP contribution in [0.15, 0.2) is 0 Å². The monoisotopic (exact) mass is 348 g/mol. The number of ether oxygens (including phenoxy) is 3. The molecular weight excluding hydrogens is 317 g/mol. The molecule has 23 heavy (non-hydrogen) atoms. The van der Waals surface area contributed by atoms with Crippen LogP contribution < -0.4 is 5.32 Å². The van der Waals surface area contributed by atoms with E-state index < -0.39 is 25.8 Å². The summed E-state index contributed by atoms with van der Waals surface area (Å²) in [5.41, 5.74) is -0.584. The lowest BCUT2D eigenvalue weighted by Gasteiger charge is -2.23. The molecule has 0 fully saturated rings. The first-order valence-corrected chi connectivity index (χ1v) is 11.5. The molecule has 0 aliphatic carbocycles. The zero-order valence-electron chi connectivity index (χ0n) is 15.2. The summed E-state index contributed by atoms with van der Waals surface area (Å²) >= 11 is 0. The number of carbonyl (C=O) groups excluding carboxylic acids is 1. The summed E-state index contributed by atoms with van der Waals surface area (Å²) in [5, 5.41) is 11.2. The molecule has 9 heteroatoms. The van der Waals surface area contributed by atoms with Crippen molar-refractivity contribution in [3.05, 3.63) is 0 Å². The van der Waals surface area contributed by atoms with Crippen molar-refractivity contribution in [3.8, 4) is 0 Å². The van der Waals surface area contributed by atoms with E-state index in [1.165, 1.54) is 0 Å². The quantitative estimate of drug-likeness (QED) is 0.336. The highest BCUT2D eigenvalue weighted by atomic mass is 28.3. The van der Waals surface area contributed by atoms with E-state index in [1.807, 2.05) is 0 Å².